The molecular formula is C14H20F3N5O2+2. The summed E-state index contributed by atoms with van der Waals surface area (Å²) >= 11 is 0. The normalized spacial score (nSPS) is 17.4. The first-order valence-corrected chi connectivity index (χ1v) is 7.47. The number of hydrogen-bond acceptors (Lipinski definition) is 3. The van der Waals surface area contributed by atoms with Gasteiger partial charge in [0.25, 0.3) is 11.7 Å². The van der Waals surface area contributed by atoms with Crippen LogP contribution in [0.15, 0.2) is 18.3 Å². The number of piperazine rings is 1. The predicted octanol–water partition coefficient (Wildman–Crippen LogP) is -1.19. The first kappa shape index (κ1) is 18.0. The van der Waals surface area contributed by atoms with Crippen LogP contribution in [-0.2, 0) is 11.0 Å². The molecule has 0 aliphatic carbocycles. The molecule has 1 aliphatic rings. The molecular weight excluding hydrogens is 327 g/mol. The molecule has 2 rings (SSSR count). The Morgan fingerprint density at radius 1 is 1.33 bits per heavy atom. The number of primary amides is 1. The lowest BCUT2D eigenvalue weighted by atomic mass is 10.2. The minimum atomic E-state index is -4.37. The van der Waals surface area contributed by atoms with Crippen molar-refractivity contribution in [3.63, 3.8) is 0 Å². The van der Waals surface area contributed by atoms with E-state index < -0.39 is 29.7 Å². The van der Waals surface area contributed by atoms with Gasteiger partial charge in [-0.25, -0.2) is 9.78 Å². The molecule has 0 unspecified atom stereocenters. The summed E-state index contributed by atoms with van der Waals surface area (Å²) in [6.07, 6.45) is -3.43. The highest BCUT2D eigenvalue weighted by Gasteiger charge is 2.35. The number of carbonyl (C=O) groups is 2. The Morgan fingerprint density at radius 3 is 2.42 bits per heavy atom. The van der Waals surface area contributed by atoms with Crippen LogP contribution in [0.3, 0.4) is 0 Å². The highest BCUT2D eigenvalue weighted by Crippen LogP contribution is 2.28. The van der Waals surface area contributed by atoms with Crippen molar-refractivity contribution in [3.8, 4) is 0 Å². The van der Waals surface area contributed by atoms with Crippen molar-refractivity contribution < 1.29 is 32.6 Å². The van der Waals surface area contributed by atoms with E-state index in [1.54, 1.807) is 6.92 Å². The molecule has 7 nitrogen and oxygen atoms in total. The molecule has 24 heavy (non-hydrogen) atoms. The number of imide groups is 1. The fourth-order valence-electron chi connectivity index (χ4n) is 2.67. The SMILES string of the molecule is C[C@H](C(=O)NC(N)=O)[NH+]1CCN(c2ccc(C(F)(F)F)c[nH+]2)CC1. The monoisotopic (exact) mass is 347 g/mol. The van der Waals surface area contributed by atoms with E-state index in [0.29, 0.717) is 32.0 Å². The van der Waals surface area contributed by atoms with Crippen LogP contribution in [0.4, 0.5) is 23.8 Å². The zero-order valence-electron chi connectivity index (χ0n) is 13.1. The van der Waals surface area contributed by atoms with Crippen molar-refractivity contribution in [2.45, 2.75) is 19.1 Å². The maximum Gasteiger partial charge on any atom is 0.419 e. The van der Waals surface area contributed by atoms with E-state index in [-0.39, 0.29) is 0 Å². The molecule has 1 fully saturated rings. The van der Waals surface area contributed by atoms with E-state index in [1.807, 2.05) is 4.90 Å². The molecule has 0 saturated carbocycles. The van der Waals surface area contributed by atoms with E-state index in [9.17, 15) is 22.8 Å². The summed E-state index contributed by atoms with van der Waals surface area (Å²) in [5.74, 6) is 0.156. The molecule has 0 aromatic carbocycles. The minimum absolute atomic E-state index is 0.434. The number of rotatable bonds is 3. The van der Waals surface area contributed by atoms with Crippen LogP contribution in [0.2, 0.25) is 0 Å². The Balaban J connectivity index is 1.93. The highest BCUT2D eigenvalue weighted by atomic mass is 19.4. The summed E-state index contributed by atoms with van der Waals surface area (Å²) in [5, 5.41) is 2.06. The molecule has 1 saturated heterocycles. The van der Waals surface area contributed by atoms with Crippen LogP contribution < -0.4 is 25.8 Å². The van der Waals surface area contributed by atoms with E-state index in [2.05, 4.69) is 10.3 Å². The Labute approximate surface area is 136 Å². The fourth-order valence-corrected chi connectivity index (χ4v) is 2.67. The summed E-state index contributed by atoms with van der Waals surface area (Å²) in [6.45, 7) is 4.08. The van der Waals surface area contributed by atoms with Gasteiger partial charge in [-0.2, -0.15) is 13.2 Å². The van der Waals surface area contributed by atoms with Crippen molar-refractivity contribution in [3.05, 3.63) is 23.9 Å². The van der Waals surface area contributed by atoms with Gasteiger partial charge in [0.2, 0.25) is 0 Å². The van der Waals surface area contributed by atoms with Gasteiger partial charge in [-0.15, -0.1) is 0 Å². The number of aromatic amines is 1. The Hall–Kier alpha value is -2.36. The number of anilines is 1. The van der Waals surface area contributed by atoms with Crippen molar-refractivity contribution in [1.29, 1.82) is 0 Å². The van der Waals surface area contributed by atoms with Gasteiger partial charge in [0, 0.05) is 6.07 Å². The summed E-state index contributed by atoms with van der Waals surface area (Å²) in [7, 11) is 0. The van der Waals surface area contributed by atoms with Crippen LogP contribution in [0.1, 0.15) is 12.5 Å². The van der Waals surface area contributed by atoms with Gasteiger partial charge in [-0.05, 0) is 13.0 Å². The zero-order valence-corrected chi connectivity index (χ0v) is 13.1. The van der Waals surface area contributed by atoms with Crippen LogP contribution in [0.25, 0.3) is 0 Å². The second-order valence-electron chi connectivity index (χ2n) is 5.68. The van der Waals surface area contributed by atoms with E-state index in [4.69, 9.17) is 5.73 Å². The summed E-state index contributed by atoms with van der Waals surface area (Å²) in [4.78, 5) is 28.1. The molecule has 5 N–H and O–H groups in total. The molecule has 1 aliphatic heterocycles. The molecule has 0 spiro atoms. The van der Waals surface area contributed by atoms with Crippen LogP contribution in [-0.4, -0.2) is 44.2 Å². The number of nitrogens with two attached hydrogens (primary N) is 1. The number of carbonyl (C=O) groups excluding carboxylic acids is 2. The Bertz CT molecular complexity index is 597. The zero-order chi connectivity index (χ0) is 17.9. The largest absolute Gasteiger partial charge is 0.419 e. The number of aromatic nitrogens is 1. The molecule has 1 atom stereocenters. The third-order valence-electron chi connectivity index (χ3n) is 4.12. The van der Waals surface area contributed by atoms with Crippen LogP contribution in [0, 0.1) is 0 Å². The van der Waals surface area contributed by atoms with Gasteiger partial charge in [-0.3, -0.25) is 15.0 Å². The molecule has 132 valence electrons. The lowest BCUT2D eigenvalue weighted by Gasteiger charge is -2.31. The van der Waals surface area contributed by atoms with Gasteiger partial charge in [0.05, 0.1) is 5.56 Å². The van der Waals surface area contributed by atoms with E-state index in [0.717, 1.165) is 17.2 Å². The second-order valence-corrected chi connectivity index (χ2v) is 5.68. The van der Waals surface area contributed by atoms with Crippen molar-refractivity contribution >= 4 is 17.8 Å². The van der Waals surface area contributed by atoms with Crippen LogP contribution in [0.5, 0.6) is 0 Å². The number of quaternary nitrogens is 1. The quantitative estimate of drug-likeness (QED) is 0.642. The molecule has 1 aromatic heterocycles. The first-order valence-electron chi connectivity index (χ1n) is 7.47. The van der Waals surface area contributed by atoms with Crippen molar-refractivity contribution in [2.24, 2.45) is 5.73 Å². The van der Waals surface area contributed by atoms with Crippen molar-refractivity contribution in [1.82, 2.24) is 5.32 Å². The maximum atomic E-state index is 12.6. The van der Waals surface area contributed by atoms with E-state index >= 15 is 0 Å². The molecule has 0 bridgehead atoms. The molecule has 1 aromatic rings. The number of halogens is 3. The number of urea groups is 1. The first-order chi connectivity index (χ1) is 11.2. The number of H-pyrrole nitrogens is 1. The fraction of sp³-hybridized carbons (Fsp3) is 0.500. The number of nitrogens with one attached hydrogen (secondary N) is 3. The Morgan fingerprint density at radius 2 is 1.96 bits per heavy atom. The molecule has 10 heteroatoms. The Kier molecular flexibility index (Phi) is 5.27. The summed E-state index contributed by atoms with van der Waals surface area (Å²) in [6, 6.07) is 1.12. The predicted molar refractivity (Wildman–Crippen MR) is 78.1 cm³/mol. The topological polar surface area (TPSA) is 94.0 Å². The molecule has 0 radical (unpaired) electrons. The highest BCUT2D eigenvalue weighted by molar-refractivity contribution is 5.95. The lowest BCUT2D eigenvalue weighted by Crippen LogP contribution is -3.19. The van der Waals surface area contributed by atoms with Crippen LogP contribution >= 0.6 is 0 Å². The standard InChI is InChI=1S/C14H18F3N5O2/c1-9(12(23)20-13(18)24)21-4-6-22(7-5-21)11-3-2-10(8-19-11)14(15,16)17/h2-3,8-9H,4-7H2,1H3,(H3,18,20,23,24)/p+2/t9-/m1/s1. The number of pyridine rings is 1. The maximum absolute atomic E-state index is 12.6. The summed E-state index contributed by atoms with van der Waals surface area (Å²) < 4.78 is 37.7. The lowest BCUT2D eigenvalue weighted by molar-refractivity contribution is -0.914. The second kappa shape index (κ2) is 7.04. The average Bonchev–Trinajstić information content (AvgIpc) is 2.53. The third-order valence-corrected chi connectivity index (χ3v) is 4.12. The van der Waals surface area contributed by atoms with Gasteiger partial charge in [0.1, 0.15) is 32.4 Å². The summed E-state index contributed by atoms with van der Waals surface area (Å²) in [5.41, 5.74) is 4.20. The number of amides is 3. The molecule has 2 heterocycles. The van der Waals surface area contributed by atoms with Gasteiger partial charge in [0.15, 0.2) is 6.04 Å². The van der Waals surface area contributed by atoms with E-state index in [1.165, 1.54) is 6.07 Å². The number of nitrogens with zero attached hydrogens (tertiary/aromatic N) is 1. The van der Waals surface area contributed by atoms with Crippen molar-refractivity contribution in [2.75, 3.05) is 31.1 Å². The smallest absolute Gasteiger partial charge is 0.351 e. The van der Waals surface area contributed by atoms with Gasteiger partial charge < -0.3 is 10.6 Å². The molecule has 3 amide bonds. The number of alkyl halides is 3. The number of hydrogen-bond donors (Lipinski definition) is 3. The van der Waals surface area contributed by atoms with Gasteiger partial charge >= 0.3 is 12.2 Å². The third kappa shape index (κ3) is 4.34. The van der Waals surface area contributed by atoms with Gasteiger partial charge in [-0.1, -0.05) is 0 Å². The minimum Gasteiger partial charge on any atom is -0.351 e. The average molecular weight is 347 g/mol.